The molecule has 1 aromatic heterocycles. The third-order valence-electron chi connectivity index (χ3n) is 2.66. The highest BCUT2D eigenvalue weighted by Gasteiger charge is 2.08. The van der Waals surface area contributed by atoms with Crippen LogP contribution in [0.1, 0.15) is 24.1 Å². The summed E-state index contributed by atoms with van der Waals surface area (Å²) in [5, 5.41) is 2.72. The molecule has 0 spiro atoms. The van der Waals surface area contributed by atoms with E-state index < -0.39 is 0 Å². The molecule has 4 nitrogen and oxygen atoms in total. The van der Waals surface area contributed by atoms with Crippen molar-refractivity contribution in [1.82, 2.24) is 4.98 Å². The summed E-state index contributed by atoms with van der Waals surface area (Å²) in [5.41, 5.74) is 8.93. The smallest absolute Gasteiger partial charge is 0.221 e. The van der Waals surface area contributed by atoms with Crippen molar-refractivity contribution in [2.75, 3.05) is 5.32 Å². The molecule has 18 heavy (non-hydrogen) atoms. The molecule has 1 unspecified atom stereocenters. The normalized spacial score (nSPS) is 11.9. The van der Waals surface area contributed by atoms with E-state index in [-0.39, 0.29) is 11.9 Å². The van der Waals surface area contributed by atoms with Gasteiger partial charge in [-0.2, -0.15) is 0 Å². The molecular formula is C14H15N3O. The van der Waals surface area contributed by atoms with E-state index in [1.54, 1.807) is 12.4 Å². The third-order valence-corrected chi connectivity index (χ3v) is 2.66. The molecule has 0 aliphatic rings. The predicted molar refractivity (Wildman–Crippen MR) is 71.0 cm³/mol. The summed E-state index contributed by atoms with van der Waals surface area (Å²) in [4.78, 5) is 14.9. The van der Waals surface area contributed by atoms with Gasteiger partial charge < -0.3 is 11.1 Å². The van der Waals surface area contributed by atoms with E-state index >= 15 is 0 Å². The fourth-order valence-electron chi connectivity index (χ4n) is 1.74. The highest BCUT2D eigenvalue weighted by molar-refractivity contribution is 5.88. The first-order chi connectivity index (χ1) is 8.66. The fourth-order valence-corrected chi connectivity index (χ4v) is 1.74. The van der Waals surface area contributed by atoms with Gasteiger partial charge in [0.05, 0.1) is 6.04 Å². The van der Waals surface area contributed by atoms with Gasteiger partial charge >= 0.3 is 0 Å². The number of nitrogens with zero attached hydrogens (tertiary/aromatic N) is 1. The summed E-state index contributed by atoms with van der Waals surface area (Å²) < 4.78 is 0. The second kappa shape index (κ2) is 5.42. The van der Waals surface area contributed by atoms with Gasteiger partial charge in [-0.1, -0.05) is 12.1 Å². The molecule has 4 heteroatoms. The molecule has 1 aromatic carbocycles. The Labute approximate surface area is 106 Å². The number of hydrogen-bond donors (Lipinski definition) is 2. The number of nitrogens with one attached hydrogen (secondary N) is 1. The van der Waals surface area contributed by atoms with Crippen molar-refractivity contribution in [2.45, 2.75) is 13.0 Å². The highest BCUT2D eigenvalue weighted by atomic mass is 16.1. The number of aromatic nitrogens is 1. The van der Waals surface area contributed by atoms with Crippen molar-refractivity contribution >= 4 is 11.6 Å². The SMILES string of the molecule is CC(=O)Nc1ccc(C(N)c2ccncc2)cc1. The van der Waals surface area contributed by atoms with Crippen molar-refractivity contribution in [2.24, 2.45) is 5.73 Å². The first-order valence-electron chi connectivity index (χ1n) is 5.70. The Hall–Kier alpha value is -2.20. The molecule has 0 fully saturated rings. The van der Waals surface area contributed by atoms with Crippen molar-refractivity contribution in [3.8, 4) is 0 Å². The van der Waals surface area contributed by atoms with Gasteiger partial charge in [0, 0.05) is 25.0 Å². The van der Waals surface area contributed by atoms with Gasteiger partial charge in [-0.25, -0.2) is 0 Å². The van der Waals surface area contributed by atoms with Gasteiger partial charge in [0.25, 0.3) is 0 Å². The Morgan fingerprint density at radius 2 is 1.67 bits per heavy atom. The lowest BCUT2D eigenvalue weighted by molar-refractivity contribution is -0.114. The Kier molecular flexibility index (Phi) is 3.69. The maximum absolute atomic E-state index is 10.9. The van der Waals surface area contributed by atoms with Gasteiger partial charge in [0.15, 0.2) is 0 Å². The topological polar surface area (TPSA) is 68.0 Å². The maximum Gasteiger partial charge on any atom is 0.221 e. The Morgan fingerprint density at radius 1 is 1.11 bits per heavy atom. The number of pyridine rings is 1. The molecule has 0 bridgehead atoms. The average Bonchev–Trinajstić information content (AvgIpc) is 2.39. The Bertz CT molecular complexity index is 522. The van der Waals surface area contributed by atoms with E-state index in [1.165, 1.54) is 6.92 Å². The lowest BCUT2D eigenvalue weighted by Gasteiger charge is -2.12. The van der Waals surface area contributed by atoms with E-state index in [0.29, 0.717) is 0 Å². The zero-order chi connectivity index (χ0) is 13.0. The largest absolute Gasteiger partial charge is 0.326 e. The zero-order valence-corrected chi connectivity index (χ0v) is 10.1. The van der Waals surface area contributed by atoms with Gasteiger partial charge in [0.1, 0.15) is 0 Å². The van der Waals surface area contributed by atoms with Gasteiger partial charge in [-0.3, -0.25) is 9.78 Å². The molecule has 1 amide bonds. The minimum atomic E-state index is -0.181. The van der Waals surface area contributed by atoms with E-state index in [9.17, 15) is 4.79 Å². The van der Waals surface area contributed by atoms with Crippen LogP contribution in [0.2, 0.25) is 0 Å². The van der Waals surface area contributed by atoms with Crippen LogP contribution in [0.5, 0.6) is 0 Å². The minimum Gasteiger partial charge on any atom is -0.326 e. The molecule has 3 N–H and O–H groups in total. The van der Waals surface area contributed by atoms with Gasteiger partial charge in [0.2, 0.25) is 5.91 Å². The monoisotopic (exact) mass is 241 g/mol. The third kappa shape index (κ3) is 2.93. The molecule has 1 atom stereocenters. The van der Waals surface area contributed by atoms with Crippen molar-refractivity contribution in [3.05, 3.63) is 59.9 Å². The standard InChI is InChI=1S/C14H15N3O/c1-10(18)17-13-4-2-11(3-5-13)14(15)12-6-8-16-9-7-12/h2-9,14H,15H2,1H3,(H,17,18). The molecule has 0 aliphatic heterocycles. The van der Waals surface area contributed by atoms with Crippen LogP contribution in [-0.2, 0) is 4.79 Å². The van der Waals surface area contributed by atoms with Crippen LogP contribution < -0.4 is 11.1 Å². The second-order valence-corrected chi connectivity index (χ2v) is 4.06. The van der Waals surface area contributed by atoms with Crippen LogP contribution in [0.4, 0.5) is 5.69 Å². The second-order valence-electron chi connectivity index (χ2n) is 4.06. The number of carbonyl (C=O) groups is 1. The molecule has 0 aliphatic carbocycles. The summed E-state index contributed by atoms with van der Waals surface area (Å²) in [5.74, 6) is -0.0822. The van der Waals surface area contributed by atoms with Crippen LogP contribution in [0, 0.1) is 0 Å². The summed E-state index contributed by atoms with van der Waals surface area (Å²) >= 11 is 0. The number of carbonyl (C=O) groups excluding carboxylic acids is 1. The number of hydrogen-bond acceptors (Lipinski definition) is 3. The molecule has 2 aromatic rings. The fraction of sp³-hybridized carbons (Fsp3) is 0.143. The van der Waals surface area contributed by atoms with Crippen LogP contribution >= 0.6 is 0 Å². The molecule has 0 saturated heterocycles. The molecular weight excluding hydrogens is 226 g/mol. The minimum absolute atomic E-state index is 0.0822. The number of nitrogens with two attached hydrogens (primary N) is 1. The molecule has 92 valence electrons. The van der Waals surface area contributed by atoms with Crippen molar-refractivity contribution in [1.29, 1.82) is 0 Å². The summed E-state index contributed by atoms with van der Waals surface area (Å²) in [6.45, 7) is 1.48. The van der Waals surface area contributed by atoms with Crippen molar-refractivity contribution < 1.29 is 4.79 Å². The molecule has 2 rings (SSSR count). The lowest BCUT2D eigenvalue weighted by atomic mass is 10.0. The van der Waals surface area contributed by atoms with Crippen LogP contribution in [0.25, 0.3) is 0 Å². The first-order valence-corrected chi connectivity index (χ1v) is 5.70. The predicted octanol–water partition coefficient (Wildman–Crippen LogP) is 2.09. The molecule has 0 radical (unpaired) electrons. The zero-order valence-electron chi connectivity index (χ0n) is 10.1. The Balaban J connectivity index is 2.17. The quantitative estimate of drug-likeness (QED) is 0.864. The summed E-state index contributed by atoms with van der Waals surface area (Å²) in [6, 6.07) is 11.1. The summed E-state index contributed by atoms with van der Waals surface area (Å²) in [7, 11) is 0. The van der Waals surface area contributed by atoms with Crippen LogP contribution in [-0.4, -0.2) is 10.9 Å². The van der Waals surface area contributed by atoms with E-state index in [4.69, 9.17) is 5.73 Å². The van der Waals surface area contributed by atoms with Crippen molar-refractivity contribution in [3.63, 3.8) is 0 Å². The highest BCUT2D eigenvalue weighted by Crippen LogP contribution is 2.20. The summed E-state index contributed by atoms with van der Waals surface area (Å²) in [6.07, 6.45) is 3.45. The maximum atomic E-state index is 10.9. The van der Waals surface area contributed by atoms with Gasteiger partial charge in [-0.05, 0) is 35.4 Å². The van der Waals surface area contributed by atoms with Crippen LogP contribution in [0.3, 0.4) is 0 Å². The Morgan fingerprint density at radius 3 is 2.22 bits per heavy atom. The molecule has 1 heterocycles. The average molecular weight is 241 g/mol. The number of rotatable bonds is 3. The van der Waals surface area contributed by atoms with Gasteiger partial charge in [-0.15, -0.1) is 0 Å². The lowest BCUT2D eigenvalue weighted by Crippen LogP contribution is -2.12. The molecule has 0 saturated carbocycles. The number of amides is 1. The first kappa shape index (κ1) is 12.3. The van der Waals surface area contributed by atoms with Crippen LogP contribution in [0.15, 0.2) is 48.8 Å². The van der Waals surface area contributed by atoms with E-state index in [1.807, 2.05) is 36.4 Å². The van der Waals surface area contributed by atoms with E-state index in [0.717, 1.165) is 16.8 Å². The number of benzene rings is 1. The number of anilines is 1. The van der Waals surface area contributed by atoms with E-state index in [2.05, 4.69) is 10.3 Å².